The largest absolute Gasteiger partial charge is 0.784 e. The molecule has 10 nitrogen and oxygen atoms in total. The summed E-state index contributed by atoms with van der Waals surface area (Å²) in [5.41, 5.74) is 6.80. The molecule has 11 aromatic rings. The molecule has 1 unspecified atom stereocenters. The van der Waals surface area contributed by atoms with Crippen LogP contribution in [0.15, 0.2) is 273 Å². The molecule has 2 N–H and O–H groups in total. The first-order valence-corrected chi connectivity index (χ1v) is 28.3. The molecule has 0 aliphatic carbocycles. The summed E-state index contributed by atoms with van der Waals surface area (Å²) in [4.78, 5) is 2.83. The molecule has 0 radical (unpaired) electrons. The van der Waals surface area contributed by atoms with E-state index in [4.69, 9.17) is 13.3 Å². The van der Waals surface area contributed by atoms with Gasteiger partial charge in [0.1, 0.15) is 11.5 Å². The Morgan fingerprint density at radius 2 is 0.773 bits per heavy atom. The number of hydrogen-bond donors (Lipinski definition) is 2. The molecule has 376 valence electrons. The normalized spacial score (nSPS) is 12.4. The molecule has 0 saturated heterocycles. The van der Waals surface area contributed by atoms with E-state index in [9.17, 15) is 31.6 Å². The van der Waals surface area contributed by atoms with E-state index in [1.165, 1.54) is 38.4 Å². The highest BCUT2D eigenvalue weighted by atomic mass is 32.2. The van der Waals surface area contributed by atoms with Gasteiger partial charge in [0.15, 0.2) is 0 Å². The van der Waals surface area contributed by atoms with E-state index in [1.54, 1.807) is 54.6 Å². The number of benzene rings is 10. The maximum absolute atomic E-state index is 12.1. The van der Waals surface area contributed by atoms with Crippen LogP contribution in [0.5, 0.6) is 11.5 Å². The fourth-order valence-electron chi connectivity index (χ4n) is 8.35. The van der Waals surface area contributed by atoms with E-state index in [1.807, 2.05) is 139 Å². The zero-order valence-corrected chi connectivity index (χ0v) is 43.5. The average molecular weight is 1080 g/mol. The monoisotopic (exact) mass is 1080 g/mol. The van der Waals surface area contributed by atoms with E-state index in [2.05, 4.69) is 48.5 Å². The van der Waals surface area contributed by atoms with E-state index < -0.39 is 43.1 Å². The third-order valence-electron chi connectivity index (χ3n) is 11.6. The van der Waals surface area contributed by atoms with E-state index in [-0.39, 0.29) is 10.6 Å². The van der Waals surface area contributed by atoms with Gasteiger partial charge in [-0.15, -0.1) is 22.7 Å². The molecular formula is C60H43O10S5-3. The van der Waals surface area contributed by atoms with Crippen molar-refractivity contribution in [3.8, 4) is 56.0 Å². The van der Waals surface area contributed by atoms with Crippen LogP contribution in [-0.4, -0.2) is 44.9 Å². The van der Waals surface area contributed by atoms with Crippen molar-refractivity contribution in [3.05, 3.63) is 249 Å². The summed E-state index contributed by atoms with van der Waals surface area (Å²) in [6.45, 7) is 0. The first kappa shape index (κ1) is 53.6. The molecule has 0 fully saturated rings. The van der Waals surface area contributed by atoms with Crippen molar-refractivity contribution in [2.45, 2.75) is 24.5 Å². The Labute approximate surface area is 445 Å². The third kappa shape index (κ3) is 12.6. The minimum absolute atomic E-state index is 0.0344. The van der Waals surface area contributed by atoms with E-state index >= 15 is 0 Å². The van der Waals surface area contributed by atoms with Crippen LogP contribution in [-0.2, 0) is 43.1 Å². The summed E-state index contributed by atoms with van der Waals surface area (Å²) in [5.74, 6) is 0.293. The van der Waals surface area contributed by atoms with Crippen LogP contribution in [0.1, 0.15) is 0 Å². The van der Waals surface area contributed by atoms with Gasteiger partial charge in [0, 0.05) is 47.3 Å². The summed E-state index contributed by atoms with van der Waals surface area (Å²) in [6, 6.07) is 77.7. The molecule has 0 saturated carbocycles. The summed E-state index contributed by atoms with van der Waals surface area (Å²) in [6.07, 6.45) is 0. The van der Waals surface area contributed by atoms with Crippen LogP contribution < -0.4 is 0 Å². The standard InChI is InChI=1S/C12H10O3S.C12H8O2S.C12H8OS.C12H10O.C12H8S.H2O3S/c13-10-7-4-8-11(16(14)15)12(10)9-5-2-1-3-6-9;13-15(14)11-7-3-1-5-9(11)10-6-2-4-8-12(10)15;13-14-11-7-3-1-5-9(11)10-6-2-4-8-12(10)14;13-12-9-5-4-8-11(12)10-6-2-1-3-7-10;1-3-7-11-9(5-1)10-6-2-4-8-12(10)13-11;1-4(2)3/h1-8,13H,(H,14,15);1-8H;1-8H;1-9,13H;1-8H;(H2,1,2,3)/p-3. The molecule has 2 aliphatic heterocycles. The van der Waals surface area contributed by atoms with Crippen molar-refractivity contribution < 1.29 is 44.9 Å². The summed E-state index contributed by atoms with van der Waals surface area (Å²) in [7, 11) is -4.24. The van der Waals surface area contributed by atoms with Gasteiger partial charge >= 0.3 is 0 Å². The van der Waals surface area contributed by atoms with Gasteiger partial charge in [-0.2, -0.15) is 0 Å². The van der Waals surface area contributed by atoms with E-state index in [0.29, 0.717) is 26.7 Å². The lowest BCUT2D eigenvalue weighted by molar-refractivity contribution is 0.419. The number of sulfone groups is 1. The van der Waals surface area contributed by atoms with Gasteiger partial charge in [0.25, 0.3) is 0 Å². The molecule has 1 atom stereocenters. The smallest absolute Gasteiger partial charge is 0.207 e. The molecule has 10 aromatic carbocycles. The lowest BCUT2D eigenvalue weighted by Gasteiger charge is -2.13. The van der Waals surface area contributed by atoms with Gasteiger partial charge in [0.2, 0.25) is 9.84 Å². The van der Waals surface area contributed by atoms with Gasteiger partial charge < -0.3 is 23.9 Å². The average Bonchev–Trinajstić information content (AvgIpc) is 4.04. The minimum Gasteiger partial charge on any atom is -0.784 e. The number of para-hydroxylation sites is 1. The zero-order chi connectivity index (χ0) is 52.9. The number of thiophene rings is 1. The van der Waals surface area contributed by atoms with Crippen LogP contribution in [0.3, 0.4) is 0 Å². The highest BCUT2D eigenvalue weighted by Crippen LogP contribution is 2.43. The molecule has 3 heterocycles. The highest BCUT2D eigenvalue weighted by molar-refractivity contribution is 7.92. The Hall–Kier alpha value is -7.70. The number of fused-ring (bicyclic) bond motifs is 9. The number of phenolic OH excluding ortho intramolecular Hbond substituents is 2. The van der Waals surface area contributed by atoms with Crippen molar-refractivity contribution in [1.82, 2.24) is 0 Å². The maximum atomic E-state index is 12.1. The van der Waals surface area contributed by atoms with Gasteiger partial charge in [-0.3, -0.25) is 8.42 Å². The van der Waals surface area contributed by atoms with Crippen LogP contribution in [0.2, 0.25) is 0 Å². The fraction of sp³-hybridized carbons (Fsp3) is 0. The lowest BCUT2D eigenvalue weighted by atomic mass is 10.0. The third-order valence-corrected chi connectivity index (χ3v) is 16.9. The molecule has 1 aromatic heterocycles. The van der Waals surface area contributed by atoms with E-state index in [0.717, 1.165) is 43.2 Å². The van der Waals surface area contributed by atoms with Crippen LogP contribution in [0.25, 0.3) is 64.7 Å². The Morgan fingerprint density at radius 3 is 1.25 bits per heavy atom. The molecule has 0 bridgehead atoms. The fourth-order valence-corrected chi connectivity index (χ4v) is 13.1. The molecular weight excluding hydrogens is 1040 g/mol. The predicted molar refractivity (Wildman–Crippen MR) is 297 cm³/mol. The van der Waals surface area contributed by atoms with Crippen LogP contribution in [0, 0.1) is 0 Å². The Kier molecular flexibility index (Phi) is 17.9. The lowest BCUT2D eigenvalue weighted by Crippen LogP contribution is -1.95. The first-order chi connectivity index (χ1) is 36.3. The van der Waals surface area contributed by atoms with Gasteiger partial charge in [-0.1, -0.05) is 194 Å². The van der Waals surface area contributed by atoms with Crippen molar-refractivity contribution in [1.29, 1.82) is 0 Å². The second kappa shape index (κ2) is 25.0. The van der Waals surface area contributed by atoms with Crippen LogP contribution >= 0.6 is 11.3 Å². The Balaban J connectivity index is 0.000000122. The Morgan fingerprint density at radius 1 is 0.400 bits per heavy atom. The summed E-state index contributed by atoms with van der Waals surface area (Å²) in [5, 5.41) is 22.0. The summed E-state index contributed by atoms with van der Waals surface area (Å²) >= 11 is -3.61. The second-order valence-corrected chi connectivity index (χ2v) is 21.9. The van der Waals surface area contributed by atoms with Gasteiger partial charge in [-0.05, 0) is 87.9 Å². The predicted octanol–water partition coefficient (Wildman–Crippen LogP) is 13.7. The number of rotatable bonds is 3. The SMILES string of the molecule is O=S([O-])[O-].O=S([O-])c1cccc(O)c1-c1ccccc1.O=S1(=O)c2ccccc2-c2ccccc21.O=S1c2ccccc2-c2ccccc21.Oc1ccccc1-c1ccccc1.c1ccc2c(c1)sc1ccccc12. The minimum atomic E-state index is -3.26. The van der Waals surface area contributed by atoms with Crippen molar-refractivity contribution >= 4 is 74.6 Å². The van der Waals surface area contributed by atoms with Crippen molar-refractivity contribution in [2.24, 2.45) is 0 Å². The molecule has 0 amide bonds. The van der Waals surface area contributed by atoms with Crippen LogP contribution in [0.4, 0.5) is 0 Å². The first-order valence-electron chi connectivity index (χ1n) is 22.8. The molecule has 75 heavy (non-hydrogen) atoms. The van der Waals surface area contributed by atoms with Crippen molar-refractivity contribution in [3.63, 3.8) is 0 Å². The highest BCUT2D eigenvalue weighted by Gasteiger charge is 2.31. The Bertz CT molecular complexity index is 3790. The second-order valence-electron chi connectivity index (χ2n) is 16.2. The number of phenols is 2. The molecule has 2 aliphatic rings. The molecule has 13 rings (SSSR count). The topological polar surface area (TPSA) is 195 Å². The van der Waals surface area contributed by atoms with Gasteiger partial charge in [0.05, 0.1) is 30.4 Å². The zero-order valence-electron chi connectivity index (χ0n) is 39.4. The molecule has 15 heteroatoms. The summed E-state index contributed by atoms with van der Waals surface area (Å²) < 4.78 is 86.3. The van der Waals surface area contributed by atoms with Gasteiger partial charge in [-0.25, -0.2) is 12.6 Å². The maximum Gasteiger partial charge on any atom is 0.207 e. The van der Waals surface area contributed by atoms with Crippen molar-refractivity contribution in [2.75, 3.05) is 0 Å². The quantitative estimate of drug-likeness (QED) is 0.161. The number of hydrogen-bond acceptors (Lipinski definition) is 11. The molecule has 0 spiro atoms. The number of aromatic hydroxyl groups is 2.